The quantitative estimate of drug-likeness (QED) is 0.496. The number of nitrogens with zero attached hydrogens (tertiary/aromatic N) is 2. The van der Waals surface area contributed by atoms with Crippen LogP contribution in [0.3, 0.4) is 0 Å². The summed E-state index contributed by atoms with van der Waals surface area (Å²) in [6, 6.07) is 17.1. The second kappa shape index (κ2) is 7.25. The highest BCUT2D eigenvalue weighted by Gasteiger charge is 2.19. The molecule has 0 saturated carbocycles. The molecule has 146 valence electrons. The van der Waals surface area contributed by atoms with Crippen LogP contribution in [0.1, 0.15) is 16.1 Å². The molecule has 1 amide bonds. The maximum Gasteiger partial charge on any atom is 0.289 e. The van der Waals surface area contributed by atoms with Gasteiger partial charge in [-0.1, -0.05) is 18.2 Å². The van der Waals surface area contributed by atoms with Crippen LogP contribution >= 0.6 is 11.3 Å². The number of amides is 1. The van der Waals surface area contributed by atoms with Gasteiger partial charge in [-0.3, -0.25) is 4.79 Å². The van der Waals surface area contributed by atoms with Gasteiger partial charge in [0.15, 0.2) is 28.0 Å². The molecule has 6 nitrogen and oxygen atoms in total. The second-order valence-electron chi connectivity index (χ2n) is 6.79. The number of thiazole rings is 1. The molecule has 4 aromatic rings. The van der Waals surface area contributed by atoms with E-state index in [0.29, 0.717) is 37.0 Å². The molecule has 0 atom stereocenters. The van der Waals surface area contributed by atoms with E-state index in [-0.39, 0.29) is 5.91 Å². The number of benzene rings is 2. The third-order valence-electron chi connectivity index (χ3n) is 4.69. The van der Waals surface area contributed by atoms with E-state index >= 15 is 0 Å². The zero-order valence-corrected chi connectivity index (χ0v) is 16.6. The van der Waals surface area contributed by atoms with Crippen LogP contribution in [-0.2, 0) is 6.54 Å². The molecule has 3 heterocycles. The summed E-state index contributed by atoms with van der Waals surface area (Å²) in [6.07, 6.45) is 0. The second-order valence-corrected chi connectivity index (χ2v) is 7.82. The average molecular weight is 406 g/mol. The first-order chi connectivity index (χ1) is 14.2. The van der Waals surface area contributed by atoms with Gasteiger partial charge in [-0.2, -0.15) is 0 Å². The lowest BCUT2D eigenvalue weighted by Gasteiger charge is -2.20. The Morgan fingerprint density at radius 2 is 1.90 bits per heavy atom. The lowest BCUT2D eigenvalue weighted by Crippen LogP contribution is -2.26. The van der Waals surface area contributed by atoms with E-state index in [1.165, 1.54) is 0 Å². The highest BCUT2D eigenvalue weighted by molar-refractivity contribution is 7.21. The van der Waals surface area contributed by atoms with E-state index < -0.39 is 0 Å². The van der Waals surface area contributed by atoms with Gasteiger partial charge in [-0.05, 0) is 42.0 Å². The molecular formula is C22H18N2O4S. The van der Waals surface area contributed by atoms with Crippen molar-refractivity contribution in [3.8, 4) is 22.3 Å². The first-order valence-corrected chi connectivity index (χ1v) is 10.1. The van der Waals surface area contributed by atoms with Gasteiger partial charge in [0, 0.05) is 13.6 Å². The standard InChI is InChI=1S/C22H18N2O4S/c1-24(13-14-6-7-16-19(12-14)27-11-10-26-16)22(25)18-9-8-17(28-18)21-23-15-4-2-3-5-20(15)29-21/h2-9,12H,10-11,13H2,1H3. The molecule has 0 saturated heterocycles. The molecular weight excluding hydrogens is 388 g/mol. The van der Waals surface area contributed by atoms with E-state index in [2.05, 4.69) is 4.98 Å². The minimum atomic E-state index is -0.188. The van der Waals surface area contributed by atoms with Gasteiger partial charge < -0.3 is 18.8 Å². The van der Waals surface area contributed by atoms with E-state index in [4.69, 9.17) is 13.9 Å². The van der Waals surface area contributed by atoms with Crippen molar-refractivity contribution in [2.24, 2.45) is 0 Å². The van der Waals surface area contributed by atoms with Crippen molar-refractivity contribution in [3.05, 3.63) is 65.9 Å². The summed E-state index contributed by atoms with van der Waals surface area (Å²) in [4.78, 5) is 19.0. The molecule has 2 aromatic carbocycles. The lowest BCUT2D eigenvalue weighted by atomic mass is 10.2. The Morgan fingerprint density at radius 3 is 2.76 bits per heavy atom. The molecule has 0 unspecified atom stereocenters. The number of fused-ring (bicyclic) bond motifs is 2. The van der Waals surface area contributed by atoms with Crippen LogP contribution in [0, 0.1) is 0 Å². The maximum absolute atomic E-state index is 12.8. The minimum Gasteiger partial charge on any atom is -0.486 e. The number of carbonyl (C=O) groups excluding carboxylic acids is 1. The van der Waals surface area contributed by atoms with Crippen molar-refractivity contribution in [1.82, 2.24) is 9.88 Å². The SMILES string of the molecule is CN(Cc1ccc2c(c1)OCCO2)C(=O)c1ccc(-c2nc3ccccc3s2)o1. The number of carbonyl (C=O) groups is 1. The van der Waals surface area contributed by atoms with Crippen molar-refractivity contribution in [3.63, 3.8) is 0 Å². The van der Waals surface area contributed by atoms with E-state index in [9.17, 15) is 4.79 Å². The first kappa shape index (κ1) is 17.8. The Morgan fingerprint density at radius 1 is 1.07 bits per heavy atom. The summed E-state index contributed by atoms with van der Waals surface area (Å²) in [5, 5.41) is 0.764. The monoisotopic (exact) mass is 406 g/mol. The zero-order chi connectivity index (χ0) is 19.8. The molecule has 0 bridgehead atoms. The largest absolute Gasteiger partial charge is 0.486 e. The van der Waals surface area contributed by atoms with E-state index in [1.807, 2.05) is 42.5 Å². The predicted molar refractivity (Wildman–Crippen MR) is 111 cm³/mol. The number of furan rings is 1. The normalized spacial score (nSPS) is 12.9. The number of aromatic nitrogens is 1. The summed E-state index contributed by atoms with van der Waals surface area (Å²) in [5.41, 5.74) is 1.88. The summed E-state index contributed by atoms with van der Waals surface area (Å²) < 4.78 is 18.1. The van der Waals surface area contributed by atoms with Crippen LogP contribution in [-0.4, -0.2) is 36.1 Å². The van der Waals surface area contributed by atoms with Gasteiger partial charge in [0.05, 0.1) is 10.2 Å². The van der Waals surface area contributed by atoms with Gasteiger partial charge in [-0.25, -0.2) is 4.98 Å². The number of ether oxygens (including phenoxy) is 2. The Kier molecular flexibility index (Phi) is 4.44. The summed E-state index contributed by atoms with van der Waals surface area (Å²) in [6.45, 7) is 1.53. The van der Waals surface area contributed by atoms with Crippen molar-refractivity contribution < 1.29 is 18.7 Å². The van der Waals surface area contributed by atoms with Crippen molar-refractivity contribution in [2.45, 2.75) is 6.54 Å². The summed E-state index contributed by atoms with van der Waals surface area (Å²) in [7, 11) is 1.75. The fourth-order valence-corrected chi connectivity index (χ4v) is 4.19. The molecule has 0 fully saturated rings. The highest BCUT2D eigenvalue weighted by atomic mass is 32.1. The average Bonchev–Trinajstić information content (AvgIpc) is 3.40. The Bertz CT molecular complexity index is 1160. The molecule has 0 spiro atoms. The molecule has 1 aliphatic rings. The topological polar surface area (TPSA) is 64.8 Å². The number of hydrogen-bond acceptors (Lipinski definition) is 6. The third-order valence-corrected chi connectivity index (χ3v) is 5.75. The highest BCUT2D eigenvalue weighted by Crippen LogP contribution is 2.32. The number of hydrogen-bond donors (Lipinski definition) is 0. The van der Waals surface area contributed by atoms with Crippen molar-refractivity contribution in [1.29, 1.82) is 0 Å². The lowest BCUT2D eigenvalue weighted by molar-refractivity contribution is 0.0754. The maximum atomic E-state index is 12.8. The van der Waals surface area contributed by atoms with Gasteiger partial charge in [0.25, 0.3) is 5.91 Å². The van der Waals surface area contributed by atoms with Crippen LogP contribution in [0.4, 0.5) is 0 Å². The Hall–Kier alpha value is -3.32. The number of rotatable bonds is 4. The Balaban J connectivity index is 1.33. The molecule has 0 N–H and O–H groups in total. The summed E-state index contributed by atoms with van der Waals surface area (Å²) >= 11 is 1.54. The number of para-hydroxylation sites is 1. The van der Waals surface area contributed by atoms with E-state index in [0.717, 1.165) is 26.5 Å². The van der Waals surface area contributed by atoms with Crippen LogP contribution in [0.15, 0.2) is 59.0 Å². The van der Waals surface area contributed by atoms with Crippen LogP contribution in [0.2, 0.25) is 0 Å². The molecule has 0 aliphatic carbocycles. The fraction of sp³-hybridized carbons (Fsp3) is 0.182. The van der Waals surface area contributed by atoms with Crippen LogP contribution < -0.4 is 9.47 Å². The van der Waals surface area contributed by atoms with Crippen molar-refractivity contribution in [2.75, 3.05) is 20.3 Å². The smallest absolute Gasteiger partial charge is 0.289 e. The fourth-order valence-electron chi connectivity index (χ4n) is 3.27. The van der Waals surface area contributed by atoms with Gasteiger partial charge in [0.2, 0.25) is 0 Å². The molecule has 7 heteroatoms. The van der Waals surface area contributed by atoms with Gasteiger partial charge in [0.1, 0.15) is 13.2 Å². The molecule has 0 radical (unpaired) electrons. The first-order valence-electron chi connectivity index (χ1n) is 9.27. The van der Waals surface area contributed by atoms with Gasteiger partial charge >= 0.3 is 0 Å². The van der Waals surface area contributed by atoms with Gasteiger partial charge in [-0.15, -0.1) is 11.3 Å². The molecule has 29 heavy (non-hydrogen) atoms. The third kappa shape index (κ3) is 3.45. The Labute approximate surface area is 171 Å². The minimum absolute atomic E-state index is 0.188. The van der Waals surface area contributed by atoms with Crippen molar-refractivity contribution >= 4 is 27.5 Å². The predicted octanol–water partition coefficient (Wildman–Crippen LogP) is 4.60. The summed E-state index contributed by atoms with van der Waals surface area (Å²) in [5.74, 6) is 2.15. The molecule has 1 aliphatic heterocycles. The van der Waals surface area contributed by atoms with E-state index in [1.54, 1.807) is 35.4 Å². The zero-order valence-electron chi connectivity index (χ0n) is 15.8. The van der Waals surface area contributed by atoms with Crippen LogP contribution in [0.25, 0.3) is 21.0 Å². The molecule has 2 aromatic heterocycles. The van der Waals surface area contributed by atoms with Crippen LogP contribution in [0.5, 0.6) is 11.5 Å². The molecule has 5 rings (SSSR count).